The molecule has 2 rings (SSSR count). The minimum Gasteiger partial charge on any atom is -0.505 e. The SMILES string of the molecule is Cc1ncc(CO)c(/C=N/NC(=O)c2ccc(F)cc2)c1O. The molecule has 22 heavy (non-hydrogen) atoms. The number of hydrogen-bond donors (Lipinski definition) is 3. The molecule has 0 spiro atoms. The lowest BCUT2D eigenvalue weighted by atomic mass is 10.1. The van der Waals surface area contributed by atoms with E-state index < -0.39 is 11.7 Å². The van der Waals surface area contributed by atoms with Gasteiger partial charge < -0.3 is 10.2 Å². The van der Waals surface area contributed by atoms with Crippen LogP contribution in [0.4, 0.5) is 4.39 Å². The van der Waals surface area contributed by atoms with Gasteiger partial charge in [0.25, 0.3) is 5.91 Å². The quantitative estimate of drug-likeness (QED) is 0.589. The van der Waals surface area contributed by atoms with Crippen LogP contribution in [-0.4, -0.2) is 27.3 Å². The number of benzene rings is 1. The van der Waals surface area contributed by atoms with Crippen LogP contribution in [0.25, 0.3) is 0 Å². The molecular formula is C15H14FN3O3. The highest BCUT2D eigenvalue weighted by atomic mass is 19.1. The van der Waals surface area contributed by atoms with E-state index in [4.69, 9.17) is 0 Å². The van der Waals surface area contributed by atoms with Gasteiger partial charge in [0, 0.05) is 22.9 Å². The third-order valence-electron chi connectivity index (χ3n) is 2.99. The summed E-state index contributed by atoms with van der Waals surface area (Å²) in [4.78, 5) is 15.7. The Morgan fingerprint density at radius 3 is 2.73 bits per heavy atom. The summed E-state index contributed by atoms with van der Waals surface area (Å²) in [6.07, 6.45) is 2.63. The highest BCUT2D eigenvalue weighted by Crippen LogP contribution is 2.21. The molecule has 0 atom stereocenters. The molecule has 1 heterocycles. The van der Waals surface area contributed by atoms with Crippen molar-refractivity contribution >= 4 is 12.1 Å². The summed E-state index contributed by atoms with van der Waals surface area (Å²) in [5.41, 5.74) is 3.53. The lowest BCUT2D eigenvalue weighted by molar-refractivity contribution is 0.0955. The van der Waals surface area contributed by atoms with Crippen LogP contribution in [0.2, 0.25) is 0 Å². The van der Waals surface area contributed by atoms with Gasteiger partial charge in [-0.05, 0) is 31.2 Å². The Bertz CT molecular complexity index is 715. The summed E-state index contributed by atoms with van der Waals surface area (Å²) in [5, 5.41) is 22.8. The van der Waals surface area contributed by atoms with Crippen LogP contribution >= 0.6 is 0 Å². The molecule has 7 heteroatoms. The minimum atomic E-state index is -0.521. The molecule has 0 bridgehead atoms. The summed E-state index contributed by atoms with van der Waals surface area (Å²) < 4.78 is 12.8. The first kappa shape index (κ1) is 15.6. The highest BCUT2D eigenvalue weighted by molar-refractivity contribution is 5.95. The van der Waals surface area contributed by atoms with Gasteiger partial charge in [0.15, 0.2) is 0 Å². The van der Waals surface area contributed by atoms with E-state index in [2.05, 4.69) is 15.5 Å². The zero-order valence-corrected chi connectivity index (χ0v) is 11.7. The van der Waals surface area contributed by atoms with Crippen LogP contribution in [0, 0.1) is 12.7 Å². The van der Waals surface area contributed by atoms with Gasteiger partial charge in [-0.3, -0.25) is 9.78 Å². The Labute approximate surface area is 125 Å². The summed E-state index contributed by atoms with van der Waals surface area (Å²) in [6.45, 7) is 1.28. The summed E-state index contributed by atoms with van der Waals surface area (Å²) in [6, 6.07) is 4.99. The van der Waals surface area contributed by atoms with E-state index in [0.717, 1.165) is 0 Å². The number of aryl methyl sites for hydroxylation is 1. The number of carbonyl (C=O) groups excluding carboxylic acids is 1. The fourth-order valence-corrected chi connectivity index (χ4v) is 1.74. The van der Waals surface area contributed by atoms with E-state index in [1.807, 2.05) is 0 Å². The number of hydrazone groups is 1. The number of amides is 1. The van der Waals surface area contributed by atoms with Crippen LogP contribution in [0.1, 0.15) is 27.2 Å². The first-order valence-electron chi connectivity index (χ1n) is 6.40. The van der Waals surface area contributed by atoms with Gasteiger partial charge >= 0.3 is 0 Å². The lowest BCUT2D eigenvalue weighted by Crippen LogP contribution is -2.17. The lowest BCUT2D eigenvalue weighted by Gasteiger charge is -2.07. The molecule has 1 aromatic carbocycles. The molecular weight excluding hydrogens is 289 g/mol. The van der Waals surface area contributed by atoms with Gasteiger partial charge in [-0.25, -0.2) is 9.82 Å². The Balaban J connectivity index is 2.14. The Morgan fingerprint density at radius 2 is 2.09 bits per heavy atom. The highest BCUT2D eigenvalue weighted by Gasteiger charge is 2.10. The molecule has 3 N–H and O–H groups in total. The second kappa shape index (κ2) is 6.77. The van der Waals surface area contributed by atoms with Crippen molar-refractivity contribution in [1.29, 1.82) is 0 Å². The predicted octanol–water partition coefficient (Wildman–Crippen LogP) is 1.49. The molecule has 6 nitrogen and oxygen atoms in total. The number of halogens is 1. The van der Waals surface area contributed by atoms with Crippen molar-refractivity contribution in [3.8, 4) is 5.75 Å². The maximum Gasteiger partial charge on any atom is 0.271 e. The number of aliphatic hydroxyl groups is 1. The first-order chi connectivity index (χ1) is 10.5. The van der Waals surface area contributed by atoms with Crippen molar-refractivity contribution in [2.24, 2.45) is 5.10 Å². The number of aromatic hydroxyl groups is 1. The summed E-state index contributed by atoms with van der Waals surface area (Å²) in [5.74, 6) is -1.08. The van der Waals surface area contributed by atoms with Gasteiger partial charge in [-0.2, -0.15) is 5.10 Å². The van der Waals surface area contributed by atoms with Crippen molar-refractivity contribution in [2.75, 3.05) is 0 Å². The Hall–Kier alpha value is -2.80. The summed E-state index contributed by atoms with van der Waals surface area (Å²) in [7, 11) is 0. The summed E-state index contributed by atoms with van der Waals surface area (Å²) >= 11 is 0. The normalized spacial score (nSPS) is 10.9. The predicted molar refractivity (Wildman–Crippen MR) is 78.0 cm³/mol. The maximum absolute atomic E-state index is 12.8. The van der Waals surface area contributed by atoms with Crippen molar-refractivity contribution in [1.82, 2.24) is 10.4 Å². The van der Waals surface area contributed by atoms with Crippen molar-refractivity contribution in [3.63, 3.8) is 0 Å². The van der Waals surface area contributed by atoms with Crippen LogP contribution in [0.5, 0.6) is 5.75 Å². The molecule has 0 unspecified atom stereocenters. The molecule has 0 aliphatic rings. The largest absolute Gasteiger partial charge is 0.505 e. The van der Waals surface area contributed by atoms with Crippen molar-refractivity contribution in [2.45, 2.75) is 13.5 Å². The number of carbonyl (C=O) groups is 1. The zero-order valence-electron chi connectivity index (χ0n) is 11.7. The molecule has 2 aromatic rings. The Kier molecular flexibility index (Phi) is 4.80. The van der Waals surface area contributed by atoms with E-state index in [1.165, 1.54) is 36.7 Å². The topological polar surface area (TPSA) is 94.8 Å². The number of rotatable bonds is 4. The smallest absolute Gasteiger partial charge is 0.271 e. The van der Waals surface area contributed by atoms with E-state index >= 15 is 0 Å². The van der Waals surface area contributed by atoms with Crippen LogP contribution < -0.4 is 5.43 Å². The van der Waals surface area contributed by atoms with Gasteiger partial charge in [-0.1, -0.05) is 0 Å². The number of hydrogen-bond acceptors (Lipinski definition) is 5. The van der Waals surface area contributed by atoms with Crippen LogP contribution in [0.15, 0.2) is 35.6 Å². The van der Waals surface area contributed by atoms with Gasteiger partial charge in [0.1, 0.15) is 11.6 Å². The third-order valence-corrected chi connectivity index (χ3v) is 2.99. The molecule has 1 aromatic heterocycles. The van der Waals surface area contributed by atoms with Crippen LogP contribution in [0.3, 0.4) is 0 Å². The first-order valence-corrected chi connectivity index (χ1v) is 6.40. The van der Waals surface area contributed by atoms with Crippen molar-refractivity contribution < 1.29 is 19.4 Å². The molecule has 114 valence electrons. The van der Waals surface area contributed by atoms with Crippen molar-refractivity contribution in [3.05, 3.63) is 58.7 Å². The van der Waals surface area contributed by atoms with E-state index in [9.17, 15) is 19.4 Å². The number of aliphatic hydroxyl groups excluding tert-OH is 1. The number of nitrogens with one attached hydrogen (secondary N) is 1. The van der Waals surface area contributed by atoms with Gasteiger partial charge in [0.2, 0.25) is 0 Å². The zero-order chi connectivity index (χ0) is 16.1. The standard InChI is InChI=1S/C15H14FN3O3/c1-9-14(21)13(11(8-20)6-17-9)7-18-19-15(22)10-2-4-12(16)5-3-10/h2-7,20-21H,8H2,1H3,(H,19,22)/b18-7+. The third kappa shape index (κ3) is 3.44. The molecule has 0 saturated carbocycles. The van der Waals surface area contributed by atoms with E-state index in [0.29, 0.717) is 11.3 Å². The average molecular weight is 303 g/mol. The average Bonchev–Trinajstić information content (AvgIpc) is 2.52. The second-order valence-electron chi connectivity index (χ2n) is 4.50. The van der Waals surface area contributed by atoms with Gasteiger partial charge in [-0.15, -0.1) is 0 Å². The minimum absolute atomic E-state index is 0.119. The maximum atomic E-state index is 12.8. The molecule has 0 radical (unpaired) electrons. The fraction of sp³-hybridized carbons (Fsp3) is 0.133. The molecule has 0 fully saturated rings. The Morgan fingerprint density at radius 1 is 1.41 bits per heavy atom. The molecule has 1 amide bonds. The number of pyridine rings is 1. The molecule has 0 saturated heterocycles. The van der Waals surface area contributed by atoms with E-state index in [-0.39, 0.29) is 23.5 Å². The van der Waals surface area contributed by atoms with E-state index in [1.54, 1.807) is 6.92 Å². The van der Waals surface area contributed by atoms with Gasteiger partial charge in [0.05, 0.1) is 18.5 Å². The van der Waals surface area contributed by atoms with Crippen LogP contribution in [-0.2, 0) is 6.61 Å². The fourth-order valence-electron chi connectivity index (χ4n) is 1.74. The molecule has 0 aliphatic carbocycles. The second-order valence-corrected chi connectivity index (χ2v) is 4.50. The monoisotopic (exact) mass is 303 g/mol. The molecule has 0 aliphatic heterocycles. The number of nitrogens with zero attached hydrogens (tertiary/aromatic N) is 2. The number of aromatic nitrogens is 1.